The van der Waals surface area contributed by atoms with Gasteiger partial charge in [0.1, 0.15) is 0 Å². The molecule has 8 heteroatoms. The molecule has 0 saturated carbocycles. The second-order valence-electron chi connectivity index (χ2n) is 5.79. The van der Waals surface area contributed by atoms with Gasteiger partial charge in [-0.15, -0.1) is 10.2 Å². The summed E-state index contributed by atoms with van der Waals surface area (Å²) in [6, 6.07) is 3.39. The van der Waals surface area contributed by atoms with E-state index in [4.69, 9.17) is 21.1 Å². The van der Waals surface area contributed by atoms with Crippen LogP contribution in [-0.4, -0.2) is 73.1 Å². The van der Waals surface area contributed by atoms with E-state index in [1.807, 2.05) is 0 Å². The third-order valence-corrected chi connectivity index (χ3v) is 4.56. The average Bonchev–Trinajstić information content (AvgIpc) is 3.11. The molecule has 0 spiro atoms. The van der Waals surface area contributed by atoms with Crippen LogP contribution < -0.4 is 5.32 Å². The highest BCUT2D eigenvalue weighted by molar-refractivity contribution is 6.29. The number of carbonyl (C=O) groups is 1. The average molecular weight is 341 g/mol. The molecule has 7 nitrogen and oxygen atoms in total. The predicted octanol–water partition coefficient (Wildman–Crippen LogP) is 0.597. The number of nitrogens with one attached hydrogen (secondary N) is 1. The quantitative estimate of drug-likeness (QED) is 0.845. The topological polar surface area (TPSA) is 76.6 Å². The van der Waals surface area contributed by atoms with Crippen molar-refractivity contribution in [1.82, 2.24) is 20.4 Å². The van der Waals surface area contributed by atoms with E-state index in [1.165, 1.54) is 0 Å². The van der Waals surface area contributed by atoms with Gasteiger partial charge in [-0.1, -0.05) is 11.6 Å². The lowest BCUT2D eigenvalue weighted by atomic mass is 9.97. The molecule has 1 N–H and O–H groups in total. The smallest absolute Gasteiger partial charge is 0.271 e. The van der Waals surface area contributed by atoms with Crippen LogP contribution in [0.5, 0.6) is 0 Å². The maximum atomic E-state index is 12.2. The lowest BCUT2D eigenvalue weighted by molar-refractivity contribution is 0.00165. The fourth-order valence-electron chi connectivity index (χ4n) is 3.08. The van der Waals surface area contributed by atoms with Gasteiger partial charge in [-0.2, -0.15) is 0 Å². The van der Waals surface area contributed by atoms with Gasteiger partial charge < -0.3 is 14.8 Å². The summed E-state index contributed by atoms with van der Waals surface area (Å²) in [6.45, 7) is 5.36. The van der Waals surface area contributed by atoms with E-state index >= 15 is 0 Å². The molecule has 2 aliphatic rings. The molecule has 0 aliphatic carbocycles. The molecule has 2 atom stereocenters. The summed E-state index contributed by atoms with van der Waals surface area (Å²) >= 11 is 5.69. The third kappa shape index (κ3) is 4.38. The van der Waals surface area contributed by atoms with Gasteiger partial charge in [0.25, 0.3) is 5.91 Å². The number of halogens is 1. The van der Waals surface area contributed by atoms with Crippen LogP contribution in [0.15, 0.2) is 12.1 Å². The Morgan fingerprint density at radius 3 is 2.78 bits per heavy atom. The Morgan fingerprint density at radius 1 is 1.30 bits per heavy atom. The maximum Gasteiger partial charge on any atom is 0.271 e. The zero-order valence-corrected chi connectivity index (χ0v) is 13.7. The number of ether oxygens (including phenoxy) is 2. The Balaban J connectivity index is 1.61. The van der Waals surface area contributed by atoms with E-state index in [1.54, 1.807) is 12.1 Å². The van der Waals surface area contributed by atoms with Gasteiger partial charge in [0.15, 0.2) is 10.8 Å². The van der Waals surface area contributed by atoms with E-state index in [9.17, 15) is 4.79 Å². The lowest BCUT2D eigenvalue weighted by Crippen LogP contribution is -2.52. The fourth-order valence-corrected chi connectivity index (χ4v) is 3.18. The first-order valence-electron chi connectivity index (χ1n) is 7.91. The standard InChI is InChI=1S/C15H21ClN4O3/c16-14-2-1-12(18-19-14)15(21)17-9-13(11-3-6-23-10-11)20-4-7-22-8-5-20/h1-2,11,13H,3-10H2,(H,17,21)/t11-,13+/m1/s1. The van der Waals surface area contributed by atoms with Crippen molar-refractivity contribution in [2.24, 2.45) is 5.92 Å². The third-order valence-electron chi connectivity index (χ3n) is 4.36. The van der Waals surface area contributed by atoms with Crippen molar-refractivity contribution in [2.45, 2.75) is 12.5 Å². The molecule has 0 unspecified atom stereocenters. The summed E-state index contributed by atoms with van der Waals surface area (Å²) in [4.78, 5) is 14.6. The molecule has 2 aliphatic heterocycles. The summed E-state index contributed by atoms with van der Waals surface area (Å²) in [5.74, 6) is 0.205. The molecule has 1 aromatic rings. The highest BCUT2D eigenvalue weighted by Gasteiger charge is 2.31. The van der Waals surface area contributed by atoms with Gasteiger partial charge in [-0.25, -0.2) is 0 Å². The Morgan fingerprint density at radius 2 is 2.13 bits per heavy atom. The van der Waals surface area contributed by atoms with Gasteiger partial charge in [0.2, 0.25) is 0 Å². The molecule has 126 valence electrons. The number of carbonyl (C=O) groups excluding carboxylic acids is 1. The number of hydrogen-bond donors (Lipinski definition) is 1. The van der Waals surface area contributed by atoms with Gasteiger partial charge in [-0.3, -0.25) is 9.69 Å². The van der Waals surface area contributed by atoms with Gasteiger partial charge in [-0.05, 0) is 18.6 Å². The van der Waals surface area contributed by atoms with Gasteiger partial charge in [0.05, 0.1) is 19.8 Å². The molecule has 1 aromatic heterocycles. The summed E-state index contributed by atoms with van der Waals surface area (Å²) in [5.41, 5.74) is 0.276. The zero-order valence-electron chi connectivity index (χ0n) is 12.9. The molecule has 0 aromatic carbocycles. The van der Waals surface area contributed by atoms with Crippen LogP contribution >= 0.6 is 11.6 Å². The summed E-state index contributed by atoms with van der Waals surface area (Å²) in [7, 11) is 0. The summed E-state index contributed by atoms with van der Waals surface area (Å²) in [6.07, 6.45) is 1.03. The molecule has 3 heterocycles. The van der Waals surface area contributed by atoms with Crippen LogP contribution in [0.4, 0.5) is 0 Å². The second-order valence-corrected chi connectivity index (χ2v) is 6.18. The number of aromatic nitrogens is 2. The predicted molar refractivity (Wildman–Crippen MR) is 84.5 cm³/mol. The van der Waals surface area contributed by atoms with Crippen molar-refractivity contribution < 1.29 is 14.3 Å². The Bertz CT molecular complexity index is 516. The Labute approximate surface area is 140 Å². The van der Waals surface area contributed by atoms with Crippen molar-refractivity contribution in [3.63, 3.8) is 0 Å². The molecule has 0 radical (unpaired) electrons. The maximum absolute atomic E-state index is 12.2. The number of morpholine rings is 1. The van der Waals surface area contributed by atoms with Crippen LogP contribution in [0.1, 0.15) is 16.9 Å². The van der Waals surface area contributed by atoms with Crippen molar-refractivity contribution in [3.8, 4) is 0 Å². The Hall–Kier alpha value is -1.28. The fraction of sp³-hybridized carbons (Fsp3) is 0.667. The minimum atomic E-state index is -0.230. The molecule has 2 fully saturated rings. The van der Waals surface area contributed by atoms with Crippen LogP contribution in [0, 0.1) is 5.92 Å². The minimum Gasteiger partial charge on any atom is -0.381 e. The first kappa shape index (κ1) is 16.6. The first-order valence-corrected chi connectivity index (χ1v) is 8.29. The molecule has 23 heavy (non-hydrogen) atoms. The largest absolute Gasteiger partial charge is 0.381 e. The van der Waals surface area contributed by atoms with E-state index in [0.29, 0.717) is 12.5 Å². The lowest BCUT2D eigenvalue weighted by Gasteiger charge is -2.37. The molecule has 3 rings (SSSR count). The molecule has 0 bridgehead atoms. The second kappa shape index (κ2) is 8.01. The van der Waals surface area contributed by atoms with Crippen LogP contribution in [0.25, 0.3) is 0 Å². The van der Waals surface area contributed by atoms with E-state index in [0.717, 1.165) is 45.9 Å². The van der Waals surface area contributed by atoms with Gasteiger partial charge in [0, 0.05) is 38.2 Å². The van der Waals surface area contributed by atoms with Crippen molar-refractivity contribution in [3.05, 3.63) is 23.0 Å². The SMILES string of the molecule is O=C(NC[C@@H]([C@@H]1CCOC1)N1CCOCC1)c1ccc(Cl)nn1. The Kier molecular flexibility index (Phi) is 5.77. The van der Waals surface area contributed by atoms with E-state index in [2.05, 4.69) is 20.4 Å². The van der Waals surface area contributed by atoms with Crippen molar-refractivity contribution >= 4 is 17.5 Å². The molecule has 2 saturated heterocycles. The summed E-state index contributed by atoms with van der Waals surface area (Å²) in [5, 5.41) is 10.8. The molecule has 1 amide bonds. The summed E-state index contributed by atoms with van der Waals surface area (Å²) < 4.78 is 11.0. The van der Waals surface area contributed by atoms with Crippen LogP contribution in [0.2, 0.25) is 5.15 Å². The minimum absolute atomic E-state index is 0.230. The normalized spacial score (nSPS) is 23.6. The number of amides is 1. The zero-order chi connectivity index (χ0) is 16.1. The molecular weight excluding hydrogens is 320 g/mol. The van der Waals surface area contributed by atoms with E-state index in [-0.39, 0.29) is 22.8 Å². The first-order chi connectivity index (χ1) is 11.2. The monoisotopic (exact) mass is 340 g/mol. The van der Waals surface area contributed by atoms with Crippen molar-refractivity contribution in [1.29, 1.82) is 0 Å². The van der Waals surface area contributed by atoms with Gasteiger partial charge >= 0.3 is 0 Å². The highest BCUT2D eigenvalue weighted by atomic mass is 35.5. The molecular formula is C15H21ClN4O3. The number of nitrogens with zero attached hydrogens (tertiary/aromatic N) is 3. The van der Waals surface area contributed by atoms with Crippen molar-refractivity contribution in [2.75, 3.05) is 46.1 Å². The van der Waals surface area contributed by atoms with Crippen LogP contribution in [0.3, 0.4) is 0 Å². The highest BCUT2D eigenvalue weighted by Crippen LogP contribution is 2.21. The number of rotatable bonds is 5. The van der Waals surface area contributed by atoms with Crippen LogP contribution in [-0.2, 0) is 9.47 Å². The number of hydrogen-bond acceptors (Lipinski definition) is 6. The van der Waals surface area contributed by atoms with E-state index < -0.39 is 0 Å².